The molecular formula is C27H44O2. The van der Waals surface area contributed by atoms with Crippen molar-refractivity contribution in [1.82, 2.24) is 0 Å². The summed E-state index contributed by atoms with van der Waals surface area (Å²) in [6, 6.07) is 0. The Kier molecular flexibility index (Phi) is 5.82. The number of aliphatic hydroxyl groups excluding tert-OH is 1. The topological polar surface area (TPSA) is 37.3 Å². The SMILES string of the molecule is CC(C)CC[C@H](O)[C@@H](C)C1CCC2C3CCC4=CC(=O)CC[C@]4(C)C3CC[C@@]21C. The fourth-order valence-electron chi connectivity index (χ4n) is 8.50. The average Bonchev–Trinajstić information content (AvgIpc) is 3.03. The van der Waals surface area contributed by atoms with E-state index in [9.17, 15) is 9.90 Å². The van der Waals surface area contributed by atoms with E-state index >= 15 is 0 Å². The molecule has 2 nitrogen and oxygen atoms in total. The van der Waals surface area contributed by atoms with Crippen LogP contribution in [0.2, 0.25) is 0 Å². The van der Waals surface area contributed by atoms with Crippen LogP contribution >= 0.6 is 0 Å². The Morgan fingerprint density at radius 1 is 1.00 bits per heavy atom. The van der Waals surface area contributed by atoms with Crippen LogP contribution < -0.4 is 0 Å². The zero-order valence-corrected chi connectivity index (χ0v) is 19.5. The molecule has 0 heterocycles. The maximum atomic E-state index is 12.0. The van der Waals surface area contributed by atoms with Crippen molar-refractivity contribution in [2.24, 2.45) is 46.3 Å². The minimum Gasteiger partial charge on any atom is -0.393 e. The average molecular weight is 401 g/mol. The Morgan fingerprint density at radius 3 is 2.48 bits per heavy atom. The molecule has 8 atom stereocenters. The van der Waals surface area contributed by atoms with E-state index in [4.69, 9.17) is 0 Å². The molecule has 0 aliphatic heterocycles. The number of ketones is 1. The zero-order chi connectivity index (χ0) is 21.0. The van der Waals surface area contributed by atoms with Crippen molar-refractivity contribution in [3.8, 4) is 0 Å². The summed E-state index contributed by atoms with van der Waals surface area (Å²) in [7, 11) is 0. The van der Waals surface area contributed by atoms with Gasteiger partial charge in [-0.1, -0.05) is 40.2 Å². The highest BCUT2D eigenvalue weighted by atomic mass is 16.3. The Labute approximate surface area is 178 Å². The minimum atomic E-state index is -0.140. The number of carbonyl (C=O) groups excluding carboxylic acids is 1. The third kappa shape index (κ3) is 3.56. The van der Waals surface area contributed by atoms with Gasteiger partial charge in [-0.3, -0.25) is 4.79 Å². The Morgan fingerprint density at radius 2 is 1.76 bits per heavy atom. The van der Waals surface area contributed by atoms with E-state index in [2.05, 4.69) is 34.6 Å². The third-order valence-corrected chi connectivity index (χ3v) is 10.3. The number of rotatable bonds is 5. The summed E-state index contributed by atoms with van der Waals surface area (Å²) >= 11 is 0. The lowest BCUT2D eigenvalue weighted by Gasteiger charge is -2.58. The van der Waals surface area contributed by atoms with Gasteiger partial charge >= 0.3 is 0 Å². The molecule has 0 saturated heterocycles. The molecule has 4 unspecified atom stereocenters. The fraction of sp³-hybridized carbons (Fsp3) is 0.889. The molecule has 3 fully saturated rings. The monoisotopic (exact) mass is 400 g/mol. The summed E-state index contributed by atoms with van der Waals surface area (Å²) in [5.41, 5.74) is 2.16. The standard InChI is InChI=1S/C27H44O2/c1-17(2)6-11-25(29)18(3)22-9-10-23-21-8-7-19-16-20(28)12-14-26(19,4)24(21)13-15-27(22,23)5/h16-18,21-25,29H,6-15H2,1-5H3/t18-,21?,22?,23?,24?,25-,26-,27+/m0/s1. The van der Waals surface area contributed by atoms with Crippen LogP contribution in [-0.4, -0.2) is 17.0 Å². The van der Waals surface area contributed by atoms with Crippen molar-refractivity contribution in [2.45, 2.75) is 105 Å². The van der Waals surface area contributed by atoms with E-state index in [0.29, 0.717) is 29.0 Å². The lowest BCUT2D eigenvalue weighted by molar-refractivity contribution is -0.117. The Balaban J connectivity index is 1.52. The van der Waals surface area contributed by atoms with Gasteiger partial charge in [0.05, 0.1) is 6.10 Å². The first kappa shape index (κ1) is 21.6. The predicted molar refractivity (Wildman–Crippen MR) is 119 cm³/mol. The number of hydrogen-bond donors (Lipinski definition) is 1. The van der Waals surface area contributed by atoms with Gasteiger partial charge in [-0.05, 0) is 110 Å². The van der Waals surface area contributed by atoms with Gasteiger partial charge in [0.2, 0.25) is 0 Å². The van der Waals surface area contributed by atoms with E-state index in [1.807, 2.05) is 6.08 Å². The zero-order valence-electron chi connectivity index (χ0n) is 19.5. The summed E-state index contributed by atoms with van der Waals surface area (Å²) in [4.78, 5) is 12.0. The van der Waals surface area contributed by atoms with E-state index in [-0.39, 0.29) is 11.5 Å². The van der Waals surface area contributed by atoms with Crippen LogP contribution in [0.4, 0.5) is 0 Å². The van der Waals surface area contributed by atoms with Gasteiger partial charge in [-0.25, -0.2) is 0 Å². The van der Waals surface area contributed by atoms with Gasteiger partial charge in [0.15, 0.2) is 5.78 Å². The predicted octanol–water partition coefficient (Wildman–Crippen LogP) is 6.57. The van der Waals surface area contributed by atoms with Crippen molar-refractivity contribution in [3.05, 3.63) is 11.6 Å². The lowest BCUT2D eigenvalue weighted by Crippen LogP contribution is -2.51. The Bertz CT molecular complexity index is 663. The second-order valence-corrected chi connectivity index (χ2v) is 12.1. The highest BCUT2D eigenvalue weighted by Crippen LogP contribution is 2.67. The fourth-order valence-corrected chi connectivity index (χ4v) is 8.50. The number of hydrogen-bond acceptors (Lipinski definition) is 2. The van der Waals surface area contributed by atoms with E-state index < -0.39 is 0 Å². The van der Waals surface area contributed by atoms with Crippen LogP contribution in [0.5, 0.6) is 0 Å². The van der Waals surface area contributed by atoms with Crippen LogP contribution in [0.1, 0.15) is 98.8 Å². The van der Waals surface area contributed by atoms with E-state index in [0.717, 1.165) is 49.9 Å². The number of allylic oxidation sites excluding steroid dienone is 1. The highest BCUT2D eigenvalue weighted by molar-refractivity contribution is 5.91. The first-order valence-electron chi connectivity index (χ1n) is 12.6. The van der Waals surface area contributed by atoms with Crippen LogP contribution in [0.3, 0.4) is 0 Å². The maximum Gasteiger partial charge on any atom is 0.155 e. The summed E-state index contributed by atoms with van der Waals surface area (Å²) in [5.74, 6) is 4.55. The lowest BCUT2D eigenvalue weighted by atomic mass is 9.46. The van der Waals surface area contributed by atoms with E-state index in [1.54, 1.807) is 0 Å². The maximum absolute atomic E-state index is 12.0. The molecule has 0 radical (unpaired) electrons. The van der Waals surface area contributed by atoms with Crippen molar-refractivity contribution in [2.75, 3.05) is 0 Å². The normalized spacial score (nSPS) is 44.0. The summed E-state index contributed by atoms with van der Waals surface area (Å²) in [6.07, 6.45) is 13.6. The molecular weight excluding hydrogens is 356 g/mol. The molecule has 164 valence electrons. The first-order valence-corrected chi connectivity index (χ1v) is 12.6. The quantitative estimate of drug-likeness (QED) is 0.567. The van der Waals surface area contributed by atoms with Gasteiger partial charge in [0.1, 0.15) is 0 Å². The van der Waals surface area contributed by atoms with Gasteiger partial charge in [0, 0.05) is 6.42 Å². The molecule has 0 aromatic carbocycles. The summed E-state index contributed by atoms with van der Waals surface area (Å²) in [5, 5.41) is 10.9. The first-order chi connectivity index (χ1) is 13.7. The third-order valence-electron chi connectivity index (χ3n) is 10.3. The summed E-state index contributed by atoms with van der Waals surface area (Å²) < 4.78 is 0. The number of aliphatic hydroxyl groups is 1. The number of fused-ring (bicyclic) bond motifs is 5. The molecule has 4 aliphatic rings. The van der Waals surface area contributed by atoms with Crippen molar-refractivity contribution < 1.29 is 9.90 Å². The molecule has 29 heavy (non-hydrogen) atoms. The molecule has 3 saturated carbocycles. The largest absolute Gasteiger partial charge is 0.393 e. The molecule has 0 spiro atoms. The molecule has 1 N–H and O–H groups in total. The molecule has 0 amide bonds. The summed E-state index contributed by atoms with van der Waals surface area (Å²) in [6.45, 7) is 11.9. The molecule has 4 aliphatic carbocycles. The van der Waals surface area contributed by atoms with Crippen molar-refractivity contribution in [3.63, 3.8) is 0 Å². The second-order valence-electron chi connectivity index (χ2n) is 12.1. The van der Waals surface area contributed by atoms with Gasteiger partial charge in [-0.2, -0.15) is 0 Å². The van der Waals surface area contributed by atoms with Gasteiger partial charge in [-0.15, -0.1) is 0 Å². The molecule has 0 aromatic heterocycles. The minimum absolute atomic E-state index is 0.140. The van der Waals surface area contributed by atoms with Crippen LogP contribution in [0, 0.1) is 46.3 Å². The Hall–Kier alpha value is -0.630. The van der Waals surface area contributed by atoms with Crippen LogP contribution in [0.25, 0.3) is 0 Å². The second kappa shape index (κ2) is 7.81. The van der Waals surface area contributed by atoms with Gasteiger partial charge in [0.25, 0.3) is 0 Å². The van der Waals surface area contributed by atoms with Crippen molar-refractivity contribution in [1.29, 1.82) is 0 Å². The molecule has 0 bridgehead atoms. The van der Waals surface area contributed by atoms with Crippen LogP contribution in [-0.2, 0) is 4.79 Å². The number of carbonyl (C=O) groups is 1. The van der Waals surface area contributed by atoms with Gasteiger partial charge < -0.3 is 5.11 Å². The van der Waals surface area contributed by atoms with E-state index in [1.165, 1.54) is 37.7 Å². The molecule has 0 aromatic rings. The van der Waals surface area contributed by atoms with Crippen molar-refractivity contribution >= 4 is 5.78 Å². The van der Waals surface area contributed by atoms with Crippen LogP contribution in [0.15, 0.2) is 11.6 Å². The smallest absolute Gasteiger partial charge is 0.155 e. The molecule has 4 rings (SSSR count). The molecule has 2 heteroatoms. The highest BCUT2D eigenvalue weighted by Gasteiger charge is 2.59.